The Morgan fingerprint density at radius 3 is 3.00 bits per heavy atom. The Morgan fingerprint density at radius 1 is 1.61 bits per heavy atom. The molecule has 100 valence electrons. The highest BCUT2D eigenvalue weighted by atomic mass is 16.2. The Balaban J connectivity index is 2.03. The summed E-state index contributed by atoms with van der Waals surface area (Å²) in [6.45, 7) is 3.58. The number of rotatable bonds is 3. The topological polar surface area (TPSA) is 64.2 Å². The highest BCUT2D eigenvalue weighted by Crippen LogP contribution is 2.23. The number of likely N-dealkylation sites (tertiary alicyclic amines) is 1. The van der Waals surface area contributed by atoms with Crippen LogP contribution in [0.15, 0.2) is 12.4 Å². The molecule has 1 fully saturated rings. The number of piperidine rings is 1. The van der Waals surface area contributed by atoms with E-state index in [1.54, 1.807) is 10.9 Å². The molecule has 0 radical (unpaired) electrons. The number of aryl methyl sites for hydroxylation is 1. The quantitative estimate of drug-likeness (QED) is 0.852. The van der Waals surface area contributed by atoms with Crippen LogP contribution in [0, 0.1) is 5.92 Å². The van der Waals surface area contributed by atoms with Crippen LogP contribution in [0.5, 0.6) is 0 Å². The number of amides is 1. The lowest BCUT2D eigenvalue weighted by atomic mass is 9.90. The van der Waals surface area contributed by atoms with Crippen LogP contribution in [0.3, 0.4) is 0 Å². The lowest BCUT2D eigenvalue weighted by molar-refractivity contribution is -0.135. The first-order valence-corrected chi connectivity index (χ1v) is 6.59. The van der Waals surface area contributed by atoms with Crippen molar-refractivity contribution in [2.45, 2.75) is 32.2 Å². The SMILES string of the molecule is C[C@@H]1CCCN(C(=O)Cc2cnn(C)c2)[C@H]1CN. The normalized spacial score (nSPS) is 24.3. The minimum Gasteiger partial charge on any atom is -0.338 e. The fraction of sp³-hybridized carbons (Fsp3) is 0.692. The van der Waals surface area contributed by atoms with Gasteiger partial charge < -0.3 is 10.6 Å². The third-order valence-corrected chi connectivity index (χ3v) is 3.79. The van der Waals surface area contributed by atoms with Gasteiger partial charge in [0.05, 0.1) is 12.6 Å². The highest BCUT2D eigenvalue weighted by Gasteiger charge is 2.30. The van der Waals surface area contributed by atoms with Crippen LogP contribution in [-0.2, 0) is 18.3 Å². The largest absolute Gasteiger partial charge is 0.338 e. The van der Waals surface area contributed by atoms with E-state index in [4.69, 9.17) is 5.73 Å². The molecule has 0 saturated carbocycles. The molecule has 1 aromatic rings. The number of hydrogen-bond acceptors (Lipinski definition) is 3. The molecule has 5 heteroatoms. The van der Waals surface area contributed by atoms with Gasteiger partial charge in [0.1, 0.15) is 0 Å². The fourth-order valence-electron chi connectivity index (χ4n) is 2.76. The maximum atomic E-state index is 12.3. The van der Waals surface area contributed by atoms with Gasteiger partial charge in [0.15, 0.2) is 0 Å². The minimum absolute atomic E-state index is 0.171. The molecule has 5 nitrogen and oxygen atoms in total. The van der Waals surface area contributed by atoms with Crippen molar-refractivity contribution in [3.05, 3.63) is 18.0 Å². The van der Waals surface area contributed by atoms with Crippen molar-refractivity contribution in [1.82, 2.24) is 14.7 Å². The first kappa shape index (κ1) is 13.1. The lowest BCUT2D eigenvalue weighted by Gasteiger charge is -2.39. The van der Waals surface area contributed by atoms with Crippen molar-refractivity contribution in [3.63, 3.8) is 0 Å². The molecule has 2 N–H and O–H groups in total. The van der Waals surface area contributed by atoms with Crippen molar-refractivity contribution in [3.8, 4) is 0 Å². The molecule has 2 heterocycles. The molecule has 1 aromatic heterocycles. The van der Waals surface area contributed by atoms with Gasteiger partial charge in [0, 0.05) is 32.4 Å². The molecular weight excluding hydrogens is 228 g/mol. The summed E-state index contributed by atoms with van der Waals surface area (Å²) in [6, 6.07) is 0.197. The second kappa shape index (κ2) is 5.52. The number of aromatic nitrogens is 2. The van der Waals surface area contributed by atoms with Gasteiger partial charge in [-0.3, -0.25) is 9.48 Å². The molecule has 0 spiro atoms. The van der Waals surface area contributed by atoms with Crippen LogP contribution in [0.25, 0.3) is 0 Å². The Morgan fingerprint density at radius 2 is 2.39 bits per heavy atom. The summed E-state index contributed by atoms with van der Waals surface area (Å²) in [5, 5.41) is 4.09. The Bertz CT molecular complexity index is 415. The van der Waals surface area contributed by atoms with E-state index in [1.807, 2.05) is 18.1 Å². The first-order valence-electron chi connectivity index (χ1n) is 6.59. The smallest absolute Gasteiger partial charge is 0.227 e. The molecule has 0 unspecified atom stereocenters. The van der Waals surface area contributed by atoms with Crippen LogP contribution in [-0.4, -0.2) is 39.7 Å². The molecule has 0 bridgehead atoms. The molecule has 2 atom stereocenters. The maximum Gasteiger partial charge on any atom is 0.227 e. The van der Waals surface area contributed by atoms with E-state index < -0.39 is 0 Å². The van der Waals surface area contributed by atoms with E-state index in [-0.39, 0.29) is 11.9 Å². The van der Waals surface area contributed by atoms with Gasteiger partial charge in [-0.1, -0.05) is 6.92 Å². The zero-order valence-corrected chi connectivity index (χ0v) is 11.2. The Labute approximate surface area is 108 Å². The van der Waals surface area contributed by atoms with Crippen molar-refractivity contribution < 1.29 is 4.79 Å². The van der Waals surface area contributed by atoms with E-state index in [2.05, 4.69) is 12.0 Å². The van der Waals surface area contributed by atoms with Crippen LogP contribution in [0.1, 0.15) is 25.3 Å². The van der Waals surface area contributed by atoms with Gasteiger partial charge in [0.25, 0.3) is 0 Å². The summed E-state index contributed by atoms with van der Waals surface area (Å²) in [5.74, 6) is 0.673. The summed E-state index contributed by atoms with van der Waals surface area (Å²) in [5.41, 5.74) is 6.78. The predicted octanol–water partition coefficient (Wildman–Crippen LogP) is 0.548. The Kier molecular flexibility index (Phi) is 4.01. The molecule has 18 heavy (non-hydrogen) atoms. The minimum atomic E-state index is 0.171. The fourth-order valence-corrected chi connectivity index (χ4v) is 2.76. The van der Waals surface area contributed by atoms with E-state index >= 15 is 0 Å². The van der Waals surface area contributed by atoms with Crippen molar-refractivity contribution in [2.24, 2.45) is 18.7 Å². The summed E-state index contributed by atoms with van der Waals surface area (Å²) < 4.78 is 1.72. The zero-order chi connectivity index (χ0) is 13.1. The number of carbonyl (C=O) groups is 1. The molecule has 2 rings (SSSR count). The van der Waals surface area contributed by atoms with Gasteiger partial charge >= 0.3 is 0 Å². The first-order chi connectivity index (χ1) is 8.61. The van der Waals surface area contributed by atoms with E-state index in [0.717, 1.165) is 18.5 Å². The molecule has 1 aliphatic heterocycles. The highest BCUT2D eigenvalue weighted by molar-refractivity contribution is 5.79. The molecule has 1 saturated heterocycles. The van der Waals surface area contributed by atoms with Gasteiger partial charge in [-0.2, -0.15) is 5.10 Å². The number of nitrogens with two attached hydrogens (primary N) is 1. The Hall–Kier alpha value is -1.36. The molecule has 0 aliphatic carbocycles. The van der Waals surface area contributed by atoms with Gasteiger partial charge in [-0.05, 0) is 24.3 Å². The zero-order valence-electron chi connectivity index (χ0n) is 11.2. The van der Waals surface area contributed by atoms with E-state index in [1.165, 1.54) is 6.42 Å². The number of nitrogens with zero attached hydrogens (tertiary/aromatic N) is 3. The van der Waals surface area contributed by atoms with Gasteiger partial charge in [0.2, 0.25) is 5.91 Å². The van der Waals surface area contributed by atoms with Gasteiger partial charge in [-0.25, -0.2) is 0 Å². The summed E-state index contributed by atoms with van der Waals surface area (Å²) in [7, 11) is 1.86. The second-order valence-corrected chi connectivity index (χ2v) is 5.21. The van der Waals surface area contributed by atoms with Crippen molar-refractivity contribution >= 4 is 5.91 Å². The third-order valence-electron chi connectivity index (χ3n) is 3.79. The average molecular weight is 250 g/mol. The lowest BCUT2D eigenvalue weighted by Crippen LogP contribution is -2.51. The summed E-state index contributed by atoms with van der Waals surface area (Å²) in [4.78, 5) is 14.3. The average Bonchev–Trinajstić information content (AvgIpc) is 2.74. The standard InChI is InChI=1S/C13H22N4O/c1-10-4-3-5-17(12(10)7-14)13(18)6-11-8-15-16(2)9-11/h8-10,12H,3-7,14H2,1-2H3/t10-,12+/m1/s1. The number of carbonyl (C=O) groups excluding carboxylic acids is 1. The van der Waals surface area contributed by atoms with Crippen LogP contribution >= 0.6 is 0 Å². The second-order valence-electron chi connectivity index (χ2n) is 5.21. The number of hydrogen-bond donors (Lipinski definition) is 1. The van der Waals surface area contributed by atoms with Crippen molar-refractivity contribution in [2.75, 3.05) is 13.1 Å². The third kappa shape index (κ3) is 2.72. The maximum absolute atomic E-state index is 12.3. The van der Waals surface area contributed by atoms with E-state index in [0.29, 0.717) is 18.9 Å². The van der Waals surface area contributed by atoms with Crippen LogP contribution in [0.2, 0.25) is 0 Å². The van der Waals surface area contributed by atoms with Crippen LogP contribution < -0.4 is 5.73 Å². The molecule has 1 aliphatic rings. The summed E-state index contributed by atoms with van der Waals surface area (Å²) >= 11 is 0. The molecule has 0 aromatic carbocycles. The molecular formula is C13H22N4O. The molecule has 1 amide bonds. The van der Waals surface area contributed by atoms with E-state index in [9.17, 15) is 4.79 Å². The monoisotopic (exact) mass is 250 g/mol. The summed E-state index contributed by atoms with van der Waals surface area (Å²) in [6.07, 6.45) is 6.32. The van der Waals surface area contributed by atoms with Gasteiger partial charge in [-0.15, -0.1) is 0 Å². The van der Waals surface area contributed by atoms with Crippen molar-refractivity contribution in [1.29, 1.82) is 0 Å². The predicted molar refractivity (Wildman–Crippen MR) is 69.9 cm³/mol. The van der Waals surface area contributed by atoms with Crippen LogP contribution in [0.4, 0.5) is 0 Å².